The Hall–Kier alpha value is -1.59. The summed E-state index contributed by atoms with van der Waals surface area (Å²) >= 11 is 0. The van der Waals surface area contributed by atoms with Crippen molar-refractivity contribution in [3.63, 3.8) is 0 Å². The second-order valence-electron chi connectivity index (χ2n) is 10.9. The molecule has 0 unspecified atom stereocenters. The molecule has 0 N–H and O–H groups in total. The van der Waals surface area contributed by atoms with Gasteiger partial charge in [-0.3, -0.25) is 14.4 Å². The smallest absolute Gasteiger partial charge is 0.312 e. The van der Waals surface area contributed by atoms with E-state index in [0.717, 1.165) is 0 Å². The fourth-order valence-corrected chi connectivity index (χ4v) is 1.84. The highest BCUT2D eigenvalue weighted by Crippen LogP contribution is 2.30. The molecule has 0 heterocycles. The van der Waals surface area contributed by atoms with E-state index in [2.05, 4.69) is 0 Å². The third-order valence-electron chi connectivity index (χ3n) is 6.98. The van der Waals surface area contributed by atoms with E-state index >= 15 is 0 Å². The van der Waals surface area contributed by atoms with Gasteiger partial charge in [0.05, 0.1) is 16.2 Å². The van der Waals surface area contributed by atoms with Gasteiger partial charge in [-0.15, -0.1) is 0 Å². The molecule has 0 saturated carbocycles. The molecule has 0 bridgehead atoms. The van der Waals surface area contributed by atoms with Crippen LogP contribution in [-0.2, 0) is 28.6 Å². The lowest BCUT2D eigenvalue weighted by Crippen LogP contribution is -2.41. The number of ether oxygens (including phenoxy) is 3. The summed E-state index contributed by atoms with van der Waals surface area (Å²) in [6, 6.07) is 0. The largest absolute Gasteiger partial charge is 0.461 e. The molecule has 0 aliphatic rings. The summed E-state index contributed by atoms with van der Waals surface area (Å²) in [5.41, 5.74) is -2.08. The first-order valence-electron chi connectivity index (χ1n) is 10.9. The van der Waals surface area contributed by atoms with Crippen LogP contribution in [0.4, 0.5) is 0 Å². The molecule has 0 radical (unpaired) electrons. The van der Waals surface area contributed by atoms with E-state index in [4.69, 9.17) is 14.2 Å². The molecule has 0 saturated heterocycles. The summed E-state index contributed by atoms with van der Waals surface area (Å²) in [6.45, 7) is 22.2. The van der Waals surface area contributed by atoms with Gasteiger partial charge in [0.15, 0.2) is 6.10 Å². The molecule has 0 amide bonds. The Bertz CT molecular complexity index is 563. The zero-order chi connectivity index (χ0) is 24.1. The van der Waals surface area contributed by atoms with E-state index in [9.17, 15) is 14.4 Å². The molecule has 0 rings (SSSR count). The molecule has 6 nitrogen and oxygen atoms in total. The number of carbonyl (C=O) groups excluding carboxylic acids is 3. The summed E-state index contributed by atoms with van der Waals surface area (Å²) in [4.78, 5) is 37.7. The van der Waals surface area contributed by atoms with Gasteiger partial charge in [0, 0.05) is 0 Å². The molecule has 176 valence electrons. The minimum Gasteiger partial charge on any atom is -0.461 e. The monoisotopic (exact) mass is 428 g/mol. The second-order valence-corrected chi connectivity index (χ2v) is 10.9. The fourth-order valence-electron chi connectivity index (χ4n) is 1.84. The van der Waals surface area contributed by atoms with Gasteiger partial charge in [0.25, 0.3) is 0 Å². The van der Waals surface area contributed by atoms with E-state index in [1.165, 1.54) is 0 Å². The van der Waals surface area contributed by atoms with Gasteiger partial charge in [0.2, 0.25) is 0 Å². The van der Waals surface area contributed by atoms with Crippen LogP contribution in [0, 0.1) is 34.0 Å². The molecule has 0 fully saturated rings. The van der Waals surface area contributed by atoms with Crippen LogP contribution in [0.5, 0.6) is 0 Å². The molecule has 0 aromatic rings. The van der Waals surface area contributed by atoms with Crippen molar-refractivity contribution in [3.05, 3.63) is 0 Å². The Morgan fingerprint density at radius 3 is 1.10 bits per heavy atom. The number of rotatable bonds is 11. The lowest BCUT2D eigenvalue weighted by Gasteiger charge is -2.31. The maximum Gasteiger partial charge on any atom is 0.312 e. The Balaban J connectivity index is 5.35. The van der Waals surface area contributed by atoms with Gasteiger partial charge in [-0.05, 0) is 59.3 Å². The highest BCUT2D eigenvalue weighted by molar-refractivity contribution is 5.78. The predicted octanol–water partition coefficient (Wildman–Crippen LogP) is 5.03. The molecule has 0 atom stereocenters. The number of hydrogen-bond donors (Lipinski definition) is 0. The van der Waals surface area contributed by atoms with Crippen molar-refractivity contribution >= 4 is 17.9 Å². The van der Waals surface area contributed by atoms with Crippen molar-refractivity contribution in [1.29, 1.82) is 0 Å². The van der Waals surface area contributed by atoms with Crippen LogP contribution in [0.3, 0.4) is 0 Å². The lowest BCUT2D eigenvalue weighted by atomic mass is 9.81. The normalized spacial score (nSPS) is 13.2. The minimum absolute atomic E-state index is 0.0514. The van der Waals surface area contributed by atoms with E-state index in [1.807, 2.05) is 69.2 Å². The first-order valence-corrected chi connectivity index (χ1v) is 10.9. The highest BCUT2D eigenvalue weighted by atomic mass is 16.6. The quantitative estimate of drug-likeness (QED) is 0.339. The van der Waals surface area contributed by atoms with E-state index < -0.39 is 28.3 Å². The zero-order valence-electron chi connectivity index (χ0n) is 21.2. The molecule has 0 aliphatic heterocycles. The fraction of sp³-hybridized carbons (Fsp3) is 0.875. The first-order chi connectivity index (χ1) is 13.4. The van der Waals surface area contributed by atoms with Crippen LogP contribution >= 0.6 is 0 Å². The average molecular weight is 429 g/mol. The van der Waals surface area contributed by atoms with E-state index in [0.29, 0.717) is 0 Å². The Labute approximate surface area is 183 Å². The maximum absolute atomic E-state index is 12.7. The van der Waals surface area contributed by atoms with E-state index in [1.54, 1.807) is 13.8 Å². The Kier molecular flexibility index (Phi) is 10.1. The van der Waals surface area contributed by atoms with Crippen LogP contribution in [0.25, 0.3) is 0 Å². The molecule has 0 aromatic heterocycles. The summed E-state index contributed by atoms with van der Waals surface area (Å²) in [7, 11) is 0. The van der Waals surface area contributed by atoms with Crippen molar-refractivity contribution in [2.24, 2.45) is 34.0 Å². The average Bonchev–Trinajstić information content (AvgIpc) is 2.62. The highest BCUT2D eigenvalue weighted by Gasteiger charge is 2.38. The summed E-state index contributed by atoms with van der Waals surface area (Å²) in [6.07, 6.45) is -0.866. The molecule has 0 aliphatic carbocycles. The van der Waals surface area contributed by atoms with Crippen molar-refractivity contribution in [2.75, 3.05) is 13.2 Å². The Morgan fingerprint density at radius 1 is 0.567 bits per heavy atom. The van der Waals surface area contributed by atoms with Crippen molar-refractivity contribution in [3.8, 4) is 0 Å². The van der Waals surface area contributed by atoms with Gasteiger partial charge >= 0.3 is 17.9 Å². The minimum atomic E-state index is -0.866. The number of hydrogen-bond acceptors (Lipinski definition) is 6. The van der Waals surface area contributed by atoms with Crippen molar-refractivity contribution in [1.82, 2.24) is 0 Å². The zero-order valence-corrected chi connectivity index (χ0v) is 21.2. The molecule has 6 heteroatoms. The third kappa shape index (κ3) is 7.28. The predicted molar refractivity (Wildman–Crippen MR) is 118 cm³/mol. The van der Waals surface area contributed by atoms with Gasteiger partial charge in [-0.25, -0.2) is 0 Å². The summed E-state index contributed by atoms with van der Waals surface area (Å²) in [5, 5.41) is 0. The SMILES string of the molecule is CC(C)C(C)(C)C(=O)OCC(COC(=O)C(C)(C)C(C)C)OC(=O)C(C)(C)C(C)C. The molecule has 0 aromatic carbocycles. The van der Waals surface area contributed by atoms with Gasteiger partial charge < -0.3 is 14.2 Å². The molecule has 0 spiro atoms. The van der Waals surface area contributed by atoms with Gasteiger partial charge in [0.1, 0.15) is 13.2 Å². The van der Waals surface area contributed by atoms with Crippen LogP contribution in [0.1, 0.15) is 83.1 Å². The van der Waals surface area contributed by atoms with Crippen LogP contribution in [0.2, 0.25) is 0 Å². The standard InChI is InChI=1S/C24H44O6/c1-15(2)22(7,8)19(25)28-13-18(30-21(27)24(11,12)17(5)6)14-29-20(26)23(9,10)16(3)4/h15-18H,13-14H2,1-12H3. The lowest BCUT2D eigenvalue weighted by molar-refractivity contribution is -0.180. The third-order valence-corrected chi connectivity index (χ3v) is 6.98. The van der Waals surface area contributed by atoms with Crippen molar-refractivity contribution < 1.29 is 28.6 Å². The van der Waals surface area contributed by atoms with Crippen LogP contribution in [0.15, 0.2) is 0 Å². The summed E-state index contributed by atoms with van der Waals surface area (Å²) < 4.78 is 16.6. The molecule has 30 heavy (non-hydrogen) atoms. The number of esters is 3. The van der Waals surface area contributed by atoms with Gasteiger partial charge in [-0.1, -0.05) is 41.5 Å². The first kappa shape index (κ1) is 28.4. The summed E-state index contributed by atoms with van der Waals surface area (Å²) in [5.74, 6) is -0.964. The number of carbonyl (C=O) groups is 3. The molecular weight excluding hydrogens is 384 g/mol. The van der Waals surface area contributed by atoms with Crippen LogP contribution in [-0.4, -0.2) is 37.2 Å². The topological polar surface area (TPSA) is 78.9 Å². The van der Waals surface area contributed by atoms with Crippen molar-refractivity contribution in [2.45, 2.75) is 89.2 Å². The van der Waals surface area contributed by atoms with Crippen LogP contribution < -0.4 is 0 Å². The van der Waals surface area contributed by atoms with E-state index in [-0.39, 0.29) is 42.9 Å². The Morgan fingerprint density at radius 2 is 0.833 bits per heavy atom. The molecular formula is C24H44O6. The van der Waals surface area contributed by atoms with Gasteiger partial charge in [-0.2, -0.15) is 0 Å². The maximum atomic E-state index is 12.7. The second kappa shape index (κ2) is 10.6.